The lowest BCUT2D eigenvalue weighted by Crippen LogP contribution is -2.47. The second-order valence-corrected chi connectivity index (χ2v) is 5.99. The first-order chi connectivity index (χ1) is 9.17. The zero-order chi connectivity index (χ0) is 13.3. The van der Waals surface area contributed by atoms with Gasteiger partial charge in [0, 0.05) is 17.5 Å². The number of rotatable bonds is 1. The minimum absolute atomic E-state index is 0.408. The first kappa shape index (κ1) is 13.4. The van der Waals surface area contributed by atoms with E-state index in [4.69, 9.17) is 21.1 Å². The third-order valence-electron chi connectivity index (χ3n) is 4.24. The lowest BCUT2D eigenvalue weighted by atomic mass is 9.91. The second-order valence-electron chi connectivity index (χ2n) is 5.55. The van der Waals surface area contributed by atoms with Crippen molar-refractivity contribution in [2.45, 2.75) is 38.8 Å². The fraction of sp³-hybridized carbons (Fsp3) is 0.600. The van der Waals surface area contributed by atoms with Crippen molar-refractivity contribution in [2.75, 3.05) is 13.1 Å². The normalized spacial score (nSPS) is 31.6. The highest BCUT2D eigenvalue weighted by molar-refractivity contribution is 6.30. The van der Waals surface area contributed by atoms with Gasteiger partial charge >= 0.3 is 0 Å². The van der Waals surface area contributed by atoms with Crippen LogP contribution in [-0.2, 0) is 22.7 Å². The van der Waals surface area contributed by atoms with Crippen LogP contribution in [0.25, 0.3) is 0 Å². The number of nitrogens with one attached hydrogen (secondary N) is 1. The van der Waals surface area contributed by atoms with E-state index in [1.807, 2.05) is 18.2 Å². The molecule has 0 bridgehead atoms. The lowest BCUT2D eigenvalue weighted by molar-refractivity contribution is -0.264. The van der Waals surface area contributed by atoms with E-state index in [0.29, 0.717) is 19.1 Å². The van der Waals surface area contributed by atoms with Gasteiger partial charge in [0.25, 0.3) is 0 Å². The summed E-state index contributed by atoms with van der Waals surface area (Å²) in [6.07, 6.45) is 2.34. The van der Waals surface area contributed by atoms with Crippen molar-refractivity contribution in [1.82, 2.24) is 5.32 Å². The average molecular weight is 282 g/mol. The highest BCUT2D eigenvalue weighted by atomic mass is 35.5. The number of halogens is 1. The van der Waals surface area contributed by atoms with Gasteiger partial charge in [-0.25, -0.2) is 0 Å². The van der Waals surface area contributed by atoms with Crippen LogP contribution in [0.15, 0.2) is 18.2 Å². The van der Waals surface area contributed by atoms with Crippen molar-refractivity contribution in [2.24, 2.45) is 5.92 Å². The van der Waals surface area contributed by atoms with Crippen molar-refractivity contribution >= 4 is 11.6 Å². The molecule has 1 fully saturated rings. The van der Waals surface area contributed by atoms with Crippen LogP contribution >= 0.6 is 11.6 Å². The van der Waals surface area contributed by atoms with Gasteiger partial charge in [0.1, 0.15) is 0 Å². The van der Waals surface area contributed by atoms with E-state index in [2.05, 4.69) is 12.2 Å². The molecule has 3 rings (SSSR count). The second kappa shape index (κ2) is 5.41. The van der Waals surface area contributed by atoms with E-state index in [1.54, 1.807) is 0 Å². The topological polar surface area (TPSA) is 30.5 Å². The number of benzene rings is 1. The van der Waals surface area contributed by atoms with Gasteiger partial charge in [-0.05, 0) is 49.6 Å². The molecule has 0 saturated carbocycles. The maximum Gasteiger partial charge on any atom is 0.170 e. The molecular formula is C15H20ClNO2. The zero-order valence-corrected chi connectivity index (χ0v) is 12.0. The van der Waals surface area contributed by atoms with Crippen LogP contribution in [0, 0.1) is 5.92 Å². The van der Waals surface area contributed by atoms with Crippen LogP contribution in [0.2, 0.25) is 5.02 Å². The monoisotopic (exact) mass is 281 g/mol. The van der Waals surface area contributed by atoms with Gasteiger partial charge < -0.3 is 14.8 Å². The number of ether oxygens (including phenoxy) is 2. The van der Waals surface area contributed by atoms with Gasteiger partial charge in [0.15, 0.2) is 5.79 Å². The molecule has 0 aromatic heterocycles. The molecule has 0 amide bonds. The number of hydrogen-bond acceptors (Lipinski definition) is 3. The molecule has 2 heterocycles. The Bertz CT molecular complexity index is 459. The van der Waals surface area contributed by atoms with Crippen molar-refractivity contribution in [3.8, 4) is 0 Å². The minimum Gasteiger partial charge on any atom is -0.345 e. The molecule has 0 radical (unpaired) electrons. The summed E-state index contributed by atoms with van der Waals surface area (Å²) in [5.74, 6) is -0.0927. The van der Waals surface area contributed by atoms with Gasteiger partial charge in [-0.3, -0.25) is 0 Å². The van der Waals surface area contributed by atoms with Gasteiger partial charge in [-0.15, -0.1) is 0 Å². The maximum absolute atomic E-state index is 6.09. The summed E-state index contributed by atoms with van der Waals surface area (Å²) >= 11 is 6.04. The van der Waals surface area contributed by atoms with Crippen LogP contribution in [0.3, 0.4) is 0 Å². The molecule has 2 atom stereocenters. The Morgan fingerprint density at radius 3 is 2.79 bits per heavy atom. The Morgan fingerprint density at radius 1 is 1.26 bits per heavy atom. The van der Waals surface area contributed by atoms with Crippen LogP contribution in [0.5, 0.6) is 0 Å². The smallest absolute Gasteiger partial charge is 0.170 e. The third kappa shape index (κ3) is 2.79. The van der Waals surface area contributed by atoms with Crippen molar-refractivity contribution < 1.29 is 9.47 Å². The molecule has 2 aliphatic heterocycles. The van der Waals surface area contributed by atoms with Gasteiger partial charge in [0.2, 0.25) is 0 Å². The Balaban J connectivity index is 1.78. The van der Waals surface area contributed by atoms with E-state index >= 15 is 0 Å². The predicted octanol–water partition coefficient (Wildman–Crippen LogP) is 3.10. The van der Waals surface area contributed by atoms with Gasteiger partial charge in [0.05, 0.1) is 13.2 Å². The van der Waals surface area contributed by atoms with Crippen LogP contribution in [0.4, 0.5) is 0 Å². The molecule has 2 unspecified atom stereocenters. The number of hydrogen-bond donors (Lipinski definition) is 1. The fourth-order valence-corrected chi connectivity index (χ4v) is 3.08. The summed E-state index contributed by atoms with van der Waals surface area (Å²) in [4.78, 5) is 0. The molecule has 1 N–H and O–H groups in total. The van der Waals surface area contributed by atoms with Crippen molar-refractivity contribution in [3.05, 3.63) is 34.3 Å². The Kier molecular flexibility index (Phi) is 3.81. The van der Waals surface area contributed by atoms with Crippen molar-refractivity contribution in [1.29, 1.82) is 0 Å². The summed E-state index contributed by atoms with van der Waals surface area (Å²) in [5, 5.41) is 4.18. The van der Waals surface area contributed by atoms with Crippen LogP contribution < -0.4 is 5.32 Å². The van der Waals surface area contributed by atoms with Crippen LogP contribution in [-0.4, -0.2) is 18.9 Å². The molecule has 0 spiro atoms. The summed E-state index contributed by atoms with van der Waals surface area (Å²) in [6.45, 7) is 5.30. The Hall–Kier alpha value is -0.610. The molecule has 1 aromatic rings. The lowest BCUT2D eigenvalue weighted by Gasteiger charge is -2.38. The summed E-state index contributed by atoms with van der Waals surface area (Å²) < 4.78 is 12.2. The van der Waals surface area contributed by atoms with E-state index in [-0.39, 0.29) is 0 Å². The zero-order valence-electron chi connectivity index (χ0n) is 11.2. The molecular weight excluding hydrogens is 262 g/mol. The summed E-state index contributed by atoms with van der Waals surface area (Å²) in [5.41, 5.74) is 2.32. The minimum atomic E-state index is -0.501. The van der Waals surface area contributed by atoms with E-state index < -0.39 is 5.79 Å². The van der Waals surface area contributed by atoms with E-state index in [0.717, 1.165) is 30.1 Å². The predicted molar refractivity (Wildman–Crippen MR) is 75.0 cm³/mol. The molecule has 2 aliphatic rings. The Morgan fingerprint density at radius 2 is 2.05 bits per heavy atom. The first-order valence-corrected chi connectivity index (χ1v) is 7.31. The highest BCUT2D eigenvalue weighted by Crippen LogP contribution is 2.34. The summed E-state index contributed by atoms with van der Waals surface area (Å²) in [7, 11) is 0. The van der Waals surface area contributed by atoms with Gasteiger partial charge in [-0.2, -0.15) is 0 Å². The molecule has 0 aliphatic carbocycles. The van der Waals surface area contributed by atoms with E-state index in [9.17, 15) is 0 Å². The molecule has 3 nitrogen and oxygen atoms in total. The largest absolute Gasteiger partial charge is 0.345 e. The fourth-order valence-electron chi connectivity index (χ4n) is 2.89. The number of piperidine rings is 1. The third-order valence-corrected chi connectivity index (χ3v) is 4.47. The number of fused-ring (bicyclic) bond motifs is 1. The van der Waals surface area contributed by atoms with E-state index in [1.165, 1.54) is 12.0 Å². The van der Waals surface area contributed by atoms with Crippen LogP contribution in [0.1, 0.15) is 30.9 Å². The van der Waals surface area contributed by atoms with Gasteiger partial charge in [-0.1, -0.05) is 17.7 Å². The standard InChI is InChI=1S/C15H20ClNO2/c1-15(13-3-2-6-17-8-13)18-9-11-4-5-14(16)7-12(11)10-19-15/h4-5,7,13,17H,2-3,6,8-10H2,1H3. The van der Waals surface area contributed by atoms with Crippen molar-refractivity contribution in [3.63, 3.8) is 0 Å². The SMILES string of the molecule is CC1(C2CCCNC2)OCc2ccc(Cl)cc2CO1. The molecule has 104 valence electrons. The summed E-state index contributed by atoms with van der Waals surface area (Å²) in [6, 6.07) is 5.92. The Labute approximate surface area is 119 Å². The molecule has 1 saturated heterocycles. The maximum atomic E-state index is 6.09. The highest BCUT2D eigenvalue weighted by Gasteiger charge is 2.38. The quantitative estimate of drug-likeness (QED) is 0.858. The average Bonchev–Trinajstić information content (AvgIpc) is 2.61. The molecule has 1 aromatic carbocycles. The molecule has 4 heteroatoms. The molecule has 19 heavy (non-hydrogen) atoms. The first-order valence-electron chi connectivity index (χ1n) is 6.93.